The Balaban J connectivity index is 1.52. The topological polar surface area (TPSA) is 74.2 Å². The maximum Gasteiger partial charge on any atom is 0.203 e. The lowest BCUT2D eigenvalue weighted by atomic mass is 9.99. The summed E-state index contributed by atoms with van der Waals surface area (Å²) in [5.41, 5.74) is 2.31. The van der Waals surface area contributed by atoms with Gasteiger partial charge in [0.1, 0.15) is 35.2 Å². The van der Waals surface area contributed by atoms with Gasteiger partial charge in [-0.15, -0.1) is 0 Å². The van der Waals surface area contributed by atoms with E-state index in [4.69, 9.17) is 18.9 Å². The van der Waals surface area contributed by atoms with Gasteiger partial charge in [0.15, 0.2) is 6.61 Å². The predicted octanol–water partition coefficient (Wildman–Crippen LogP) is 5.99. The number of benzene rings is 3. The second-order valence-electron chi connectivity index (χ2n) is 9.16. The Hall–Kier alpha value is -3.77. The molecule has 6 heteroatoms. The molecule has 3 aromatic carbocycles. The minimum atomic E-state index is -0.448. The maximum atomic E-state index is 13.2. The zero-order valence-corrected chi connectivity index (χ0v) is 21.0. The quantitative estimate of drug-likeness (QED) is 0.334. The number of Topliss-reactive ketones (excluding diaryl/α,β-unsaturated/α-hetero) is 1. The Bertz CT molecular complexity index is 1230. The van der Waals surface area contributed by atoms with Crippen LogP contribution in [-0.2, 0) is 13.2 Å². The molecular formula is C30H32O6. The number of carbonyl (C=O) groups excluding carboxylic acids is 1. The lowest BCUT2D eigenvalue weighted by Crippen LogP contribution is -2.27. The lowest BCUT2D eigenvalue weighted by Gasteiger charge is -2.29. The zero-order valence-electron chi connectivity index (χ0n) is 21.0. The molecule has 6 nitrogen and oxygen atoms in total. The third-order valence-corrected chi connectivity index (χ3v) is 5.74. The third kappa shape index (κ3) is 6.07. The molecule has 1 N–H and O–H groups in total. The van der Waals surface area contributed by atoms with Crippen LogP contribution in [0.2, 0.25) is 0 Å². The van der Waals surface area contributed by atoms with Crippen molar-refractivity contribution in [3.05, 3.63) is 89.0 Å². The number of rotatable bonds is 11. The Kier molecular flexibility index (Phi) is 7.96. The molecule has 0 aromatic heterocycles. The number of aliphatic hydroxyl groups is 1. The second-order valence-corrected chi connectivity index (χ2v) is 9.16. The first-order valence-electron chi connectivity index (χ1n) is 12.1. The van der Waals surface area contributed by atoms with Crippen LogP contribution in [0, 0.1) is 0 Å². The van der Waals surface area contributed by atoms with Gasteiger partial charge in [-0.1, -0.05) is 37.3 Å². The predicted molar refractivity (Wildman–Crippen MR) is 139 cm³/mol. The highest BCUT2D eigenvalue weighted by atomic mass is 16.5. The van der Waals surface area contributed by atoms with E-state index in [1.165, 1.54) is 0 Å². The monoisotopic (exact) mass is 488 g/mol. The molecule has 36 heavy (non-hydrogen) atoms. The summed E-state index contributed by atoms with van der Waals surface area (Å²) in [7, 11) is 0. The van der Waals surface area contributed by atoms with Crippen LogP contribution in [0.15, 0.2) is 66.7 Å². The van der Waals surface area contributed by atoms with Gasteiger partial charge in [-0.3, -0.25) is 4.79 Å². The summed E-state index contributed by atoms with van der Waals surface area (Å²) in [5, 5.41) is 9.85. The number of ether oxygens (including phenoxy) is 4. The van der Waals surface area contributed by atoms with E-state index < -0.39 is 5.60 Å². The molecule has 0 atom stereocenters. The van der Waals surface area contributed by atoms with Gasteiger partial charge >= 0.3 is 0 Å². The number of carbonyl (C=O) groups is 1. The average Bonchev–Trinajstić information content (AvgIpc) is 2.89. The first kappa shape index (κ1) is 25.3. The molecule has 0 radical (unpaired) electrons. The molecule has 1 heterocycles. The van der Waals surface area contributed by atoms with Crippen molar-refractivity contribution in [2.75, 3.05) is 13.2 Å². The average molecular weight is 489 g/mol. The summed E-state index contributed by atoms with van der Waals surface area (Å²) in [5.74, 6) is 1.92. The molecule has 3 aromatic rings. The van der Waals surface area contributed by atoms with Crippen LogP contribution < -0.4 is 18.9 Å². The maximum absolute atomic E-state index is 13.2. The first-order chi connectivity index (χ1) is 17.4. The van der Waals surface area contributed by atoms with Crippen LogP contribution in [0.3, 0.4) is 0 Å². The van der Waals surface area contributed by atoms with Gasteiger partial charge in [0.2, 0.25) is 5.78 Å². The van der Waals surface area contributed by atoms with Gasteiger partial charge < -0.3 is 24.1 Å². The van der Waals surface area contributed by atoms with Gasteiger partial charge in [-0.2, -0.15) is 0 Å². The lowest BCUT2D eigenvalue weighted by molar-refractivity contribution is 0.0913. The zero-order chi connectivity index (χ0) is 25.5. The van der Waals surface area contributed by atoms with Crippen molar-refractivity contribution >= 4 is 11.9 Å². The van der Waals surface area contributed by atoms with Crippen molar-refractivity contribution in [3.63, 3.8) is 0 Å². The minimum Gasteiger partial charge on any atom is -0.493 e. The van der Waals surface area contributed by atoms with Gasteiger partial charge in [0.25, 0.3) is 0 Å². The smallest absolute Gasteiger partial charge is 0.203 e. The number of aliphatic hydroxyl groups excluding tert-OH is 1. The van der Waals surface area contributed by atoms with Crippen molar-refractivity contribution in [1.82, 2.24) is 0 Å². The summed E-state index contributed by atoms with van der Waals surface area (Å²) in [6.45, 7) is 6.39. The molecule has 0 aliphatic carbocycles. The number of ketones is 1. The molecular weight excluding hydrogens is 456 g/mol. The van der Waals surface area contributed by atoms with Crippen molar-refractivity contribution in [2.24, 2.45) is 0 Å². The summed E-state index contributed by atoms with van der Waals surface area (Å²) < 4.78 is 23.8. The van der Waals surface area contributed by atoms with Gasteiger partial charge in [0, 0.05) is 11.6 Å². The second kappa shape index (κ2) is 11.3. The van der Waals surface area contributed by atoms with E-state index in [0.717, 1.165) is 12.0 Å². The van der Waals surface area contributed by atoms with E-state index in [2.05, 4.69) is 0 Å². The highest BCUT2D eigenvalue weighted by Crippen LogP contribution is 2.39. The van der Waals surface area contributed by atoms with E-state index in [1.807, 2.05) is 69.3 Å². The highest BCUT2D eigenvalue weighted by Gasteiger charge is 2.26. The molecule has 188 valence electrons. The van der Waals surface area contributed by atoms with Gasteiger partial charge in [-0.05, 0) is 62.2 Å². The highest BCUT2D eigenvalue weighted by molar-refractivity contribution is 6.00. The van der Waals surface area contributed by atoms with Crippen molar-refractivity contribution < 1.29 is 28.8 Å². The molecule has 0 amide bonds. The molecule has 0 saturated heterocycles. The standard InChI is InChI=1S/C30H32O6/c1-4-16-33-28-17-23(34-19-21-8-6-5-7-9-21)11-12-24(28)26(32)20-35-29-22(18-31)10-13-27-25(29)14-15-30(2,3)36-27/h5-15,17,31H,4,16,18-20H2,1-3H3. The fourth-order valence-electron chi connectivity index (χ4n) is 3.88. The van der Waals surface area contributed by atoms with E-state index in [9.17, 15) is 9.90 Å². The molecule has 0 spiro atoms. The number of fused-ring (bicyclic) bond motifs is 1. The molecule has 0 bridgehead atoms. The number of hydrogen-bond acceptors (Lipinski definition) is 6. The molecule has 1 aliphatic heterocycles. The van der Waals surface area contributed by atoms with Crippen molar-refractivity contribution in [1.29, 1.82) is 0 Å². The Morgan fingerprint density at radius 1 is 1.00 bits per heavy atom. The SMILES string of the molecule is CCCOc1cc(OCc2ccccc2)ccc1C(=O)COc1c(CO)ccc2c1C=CC(C)(C)O2. The summed E-state index contributed by atoms with van der Waals surface area (Å²) >= 11 is 0. The largest absolute Gasteiger partial charge is 0.493 e. The molecule has 0 fully saturated rings. The van der Waals surface area contributed by atoms with E-state index in [1.54, 1.807) is 24.3 Å². The van der Waals surface area contributed by atoms with Crippen molar-refractivity contribution in [3.8, 4) is 23.0 Å². The van der Waals surface area contributed by atoms with E-state index >= 15 is 0 Å². The van der Waals surface area contributed by atoms with Crippen LogP contribution >= 0.6 is 0 Å². The van der Waals surface area contributed by atoms with Crippen LogP contribution in [0.5, 0.6) is 23.0 Å². The Morgan fingerprint density at radius 2 is 1.81 bits per heavy atom. The number of hydrogen-bond donors (Lipinski definition) is 1. The van der Waals surface area contributed by atoms with Crippen LogP contribution in [0.4, 0.5) is 0 Å². The van der Waals surface area contributed by atoms with Gasteiger partial charge in [-0.25, -0.2) is 0 Å². The van der Waals surface area contributed by atoms with Gasteiger partial charge in [0.05, 0.1) is 24.3 Å². The first-order valence-corrected chi connectivity index (χ1v) is 12.1. The molecule has 1 aliphatic rings. The minimum absolute atomic E-state index is 0.215. The summed E-state index contributed by atoms with van der Waals surface area (Å²) in [6.07, 6.45) is 4.64. The Morgan fingerprint density at radius 3 is 2.56 bits per heavy atom. The normalized spacial score (nSPS) is 13.4. The van der Waals surface area contributed by atoms with Crippen LogP contribution in [-0.4, -0.2) is 29.7 Å². The van der Waals surface area contributed by atoms with Crippen LogP contribution in [0.25, 0.3) is 6.08 Å². The summed E-state index contributed by atoms with van der Waals surface area (Å²) in [4.78, 5) is 13.2. The fourth-order valence-corrected chi connectivity index (χ4v) is 3.88. The third-order valence-electron chi connectivity index (χ3n) is 5.74. The molecule has 4 rings (SSSR count). The fraction of sp³-hybridized carbons (Fsp3) is 0.300. The van der Waals surface area contributed by atoms with E-state index in [-0.39, 0.29) is 19.0 Å². The summed E-state index contributed by atoms with van der Waals surface area (Å²) in [6, 6.07) is 18.6. The van der Waals surface area contributed by atoms with Crippen LogP contribution in [0.1, 0.15) is 54.2 Å². The van der Waals surface area contributed by atoms with Crippen molar-refractivity contribution in [2.45, 2.75) is 46.0 Å². The molecule has 0 unspecified atom stereocenters. The van der Waals surface area contributed by atoms with E-state index in [0.29, 0.717) is 52.9 Å². The molecule has 0 saturated carbocycles. The Labute approximate surface area is 212 Å².